The molecule has 0 amide bonds. The van der Waals surface area contributed by atoms with Crippen LogP contribution in [-0.4, -0.2) is 38.2 Å². The van der Waals surface area contributed by atoms with Crippen molar-refractivity contribution in [2.75, 3.05) is 14.2 Å². The molecule has 0 aromatic heterocycles. The molecule has 0 saturated heterocycles. The third-order valence-corrected chi connectivity index (χ3v) is 2.00. The van der Waals surface area contributed by atoms with Crippen molar-refractivity contribution in [2.45, 2.75) is 19.4 Å². The van der Waals surface area contributed by atoms with Crippen LogP contribution in [0.3, 0.4) is 0 Å². The van der Waals surface area contributed by atoms with Crippen LogP contribution in [0.15, 0.2) is 11.5 Å². The summed E-state index contributed by atoms with van der Waals surface area (Å²) in [6, 6.07) is 0. The zero-order valence-corrected chi connectivity index (χ0v) is 9.64. The van der Waals surface area contributed by atoms with Crippen molar-refractivity contribution in [2.24, 2.45) is 0 Å². The maximum Gasteiger partial charge on any atom is 0.378 e. The van der Waals surface area contributed by atoms with E-state index in [1.165, 1.54) is 14.2 Å². The summed E-state index contributed by atoms with van der Waals surface area (Å²) in [5.41, 5.74) is 0. The van der Waals surface area contributed by atoms with Gasteiger partial charge in [-0.1, -0.05) is 0 Å². The minimum atomic E-state index is -0.922. The number of rotatable bonds is 4. The molecule has 1 aliphatic rings. The van der Waals surface area contributed by atoms with Crippen LogP contribution >= 0.6 is 0 Å². The lowest BCUT2D eigenvalue weighted by molar-refractivity contribution is -0.152. The molecule has 7 nitrogen and oxygen atoms in total. The van der Waals surface area contributed by atoms with E-state index in [4.69, 9.17) is 9.47 Å². The fourth-order valence-corrected chi connectivity index (χ4v) is 1.31. The second kappa shape index (κ2) is 5.33. The van der Waals surface area contributed by atoms with Crippen molar-refractivity contribution in [1.29, 1.82) is 0 Å². The largest absolute Gasteiger partial charge is 0.493 e. The van der Waals surface area contributed by atoms with E-state index in [0.717, 1.165) is 6.92 Å². The molecule has 7 heteroatoms. The van der Waals surface area contributed by atoms with Gasteiger partial charge in [0.05, 0.1) is 20.6 Å². The average Bonchev–Trinajstić information content (AvgIpc) is 2.54. The fourth-order valence-electron chi connectivity index (χ4n) is 1.31. The van der Waals surface area contributed by atoms with Crippen molar-refractivity contribution < 1.29 is 33.3 Å². The van der Waals surface area contributed by atoms with E-state index < -0.39 is 24.0 Å². The van der Waals surface area contributed by atoms with E-state index >= 15 is 0 Å². The van der Waals surface area contributed by atoms with Crippen LogP contribution < -0.4 is 0 Å². The van der Waals surface area contributed by atoms with E-state index in [-0.39, 0.29) is 17.9 Å². The Labute approximate surface area is 97.3 Å². The van der Waals surface area contributed by atoms with E-state index in [1.54, 1.807) is 0 Å². The van der Waals surface area contributed by atoms with Crippen LogP contribution in [0.1, 0.15) is 13.3 Å². The van der Waals surface area contributed by atoms with Crippen LogP contribution in [0.4, 0.5) is 0 Å². The Morgan fingerprint density at radius 2 is 2.00 bits per heavy atom. The van der Waals surface area contributed by atoms with Gasteiger partial charge in [0.1, 0.15) is 0 Å². The maximum atomic E-state index is 11.4. The van der Waals surface area contributed by atoms with Gasteiger partial charge in [0, 0.05) is 6.92 Å². The fraction of sp³-hybridized carbons (Fsp3) is 0.500. The van der Waals surface area contributed by atoms with Gasteiger partial charge in [-0.2, -0.15) is 0 Å². The van der Waals surface area contributed by atoms with Gasteiger partial charge in [0.15, 0.2) is 11.9 Å². The first kappa shape index (κ1) is 13.0. The molecule has 0 aromatic carbocycles. The summed E-state index contributed by atoms with van der Waals surface area (Å²) >= 11 is 0. The second-order valence-electron chi connectivity index (χ2n) is 3.17. The molecule has 0 spiro atoms. The Bertz CT molecular complexity index is 382. The molecule has 94 valence electrons. The Morgan fingerprint density at radius 1 is 1.35 bits per heavy atom. The Kier molecular flexibility index (Phi) is 4.08. The molecule has 0 saturated carbocycles. The molecule has 1 heterocycles. The number of carbonyl (C=O) groups is 3. The molecular weight excluding hydrogens is 232 g/mol. The van der Waals surface area contributed by atoms with Crippen LogP contribution in [0.2, 0.25) is 0 Å². The third-order valence-electron chi connectivity index (χ3n) is 2.00. The minimum Gasteiger partial charge on any atom is -0.493 e. The molecular formula is C10H12O7. The summed E-state index contributed by atoms with van der Waals surface area (Å²) in [7, 11) is 2.49. The highest BCUT2D eigenvalue weighted by molar-refractivity contribution is 5.92. The Morgan fingerprint density at radius 3 is 2.47 bits per heavy atom. The van der Waals surface area contributed by atoms with Gasteiger partial charge in [-0.25, -0.2) is 4.79 Å². The van der Waals surface area contributed by atoms with Crippen molar-refractivity contribution in [3.05, 3.63) is 11.5 Å². The first-order valence-corrected chi connectivity index (χ1v) is 4.74. The number of methoxy groups -OCH3 is 2. The minimum absolute atomic E-state index is 0.00981. The SMILES string of the molecule is COC(=O)CC1OC(=O)C(OC(C)=O)=C1OC. The van der Waals surface area contributed by atoms with Gasteiger partial charge in [0.2, 0.25) is 0 Å². The van der Waals surface area contributed by atoms with Gasteiger partial charge in [-0.05, 0) is 0 Å². The summed E-state index contributed by atoms with van der Waals surface area (Å²) in [4.78, 5) is 33.2. The van der Waals surface area contributed by atoms with E-state index in [1.807, 2.05) is 0 Å². The van der Waals surface area contributed by atoms with Crippen LogP contribution in [0.25, 0.3) is 0 Å². The number of carbonyl (C=O) groups excluding carboxylic acids is 3. The summed E-state index contributed by atoms with van der Waals surface area (Å²) < 4.78 is 18.8. The van der Waals surface area contributed by atoms with E-state index in [2.05, 4.69) is 9.47 Å². The topological polar surface area (TPSA) is 88.1 Å². The lowest BCUT2D eigenvalue weighted by atomic mass is 10.2. The molecule has 1 unspecified atom stereocenters. The van der Waals surface area contributed by atoms with Gasteiger partial charge in [-0.15, -0.1) is 0 Å². The monoisotopic (exact) mass is 244 g/mol. The lowest BCUT2D eigenvalue weighted by Crippen LogP contribution is -2.18. The predicted molar refractivity (Wildman–Crippen MR) is 52.3 cm³/mol. The van der Waals surface area contributed by atoms with Gasteiger partial charge in [-0.3, -0.25) is 9.59 Å². The van der Waals surface area contributed by atoms with E-state index in [9.17, 15) is 14.4 Å². The summed E-state index contributed by atoms with van der Waals surface area (Å²) in [6.45, 7) is 1.14. The van der Waals surface area contributed by atoms with Gasteiger partial charge < -0.3 is 18.9 Å². The maximum absolute atomic E-state index is 11.4. The molecule has 0 N–H and O–H groups in total. The first-order chi connectivity index (χ1) is 7.99. The standard InChI is InChI=1S/C10H12O7/c1-5(11)16-9-8(15-3)6(17-10(9)13)4-7(12)14-2/h6H,4H2,1-3H3. The van der Waals surface area contributed by atoms with Crippen molar-refractivity contribution in [3.63, 3.8) is 0 Å². The second-order valence-corrected chi connectivity index (χ2v) is 3.17. The average molecular weight is 244 g/mol. The number of esters is 3. The van der Waals surface area contributed by atoms with Gasteiger partial charge >= 0.3 is 17.9 Å². The smallest absolute Gasteiger partial charge is 0.378 e. The zero-order chi connectivity index (χ0) is 13.0. The van der Waals surface area contributed by atoms with Gasteiger partial charge in [0.25, 0.3) is 5.76 Å². The normalized spacial score (nSPS) is 18.8. The zero-order valence-electron chi connectivity index (χ0n) is 9.64. The summed E-state index contributed by atoms with van der Waals surface area (Å²) in [6.07, 6.45) is -1.12. The molecule has 0 bridgehead atoms. The molecule has 1 rings (SSSR count). The Balaban J connectivity index is 2.89. The summed E-state index contributed by atoms with van der Waals surface area (Å²) in [5.74, 6) is -2.40. The number of cyclic esters (lactones) is 1. The van der Waals surface area contributed by atoms with Crippen LogP contribution in [0, 0.1) is 0 Å². The van der Waals surface area contributed by atoms with E-state index in [0.29, 0.717) is 0 Å². The predicted octanol–water partition coefficient (Wildman–Crippen LogP) is -0.104. The molecule has 0 fully saturated rings. The molecule has 0 radical (unpaired) electrons. The lowest BCUT2D eigenvalue weighted by Gasteiger charge is -2.10. The molecule has 1 aliphatic heterocycles. The van der Waals surface area contributed by atoms with Crippen molar-refractivity contribution >= 4 is 17.9 Å². The van der Waals surface area contributed by atoms with Crippen LogP contribution in [-0.2, 0) is 33.3 Å². The quantitative estimate of drug-likeness (QED) is 0.503. The van der Waals surface area contributed by atoms with Crippen molar-refractivity contribution in [3.8, 4) is 0 Å². The van der Waals surface area contributed by atoms with Crippen molar-refractivity contribution in [1.82, 2.24) is 0 Å². The summed E-state index contributed by atoms with van der Waals surface area (Å²) in [5, 5.41) is 0. The number of hydrogen-bond acceptors (Lipinski definition) is 7. The highest BCUT2D eigenvalue weighted by atomic mass is 16.6. The highest BCUT2D eigenvalue weighted by Gasteiger charge is 2.39. The highest BCUT2D eigenvalue weighted by Crippen LogP contribution is 2.26. The third kappa shape index (κ3) is 2.96. The molecule has 17 heavy (non-hydrogen) atoms. The first-order valence-electron chi connectivity index (χ1n) is 4.74. The number of ether oxygens (including phenoxy) is 4. The Hall–Kier alpha value is -2.05. The molecule has 0 aliphatic carbocycles. The van der Waals surface area contributed by atoms with Crippen LogP contribution in [0.5, 0.6) is 0 Å². The molecule has 1 atom stereocenters. The number of hydrogen-bond donors (Lipinski definition) is 0. The molecule has 0 aromatic rings.